The van der Waals surface area contributed by atoms with Gasteiger partial charge in [0.1, 0.15) is 5.75 Å². The minimum atomic E-state index is -0.415. The third-order valence-electron chi connectivity index (χ3n) is 5.43. The number of piperazine rings is 1. The zero-order chi connectivity index (χ0) is 16.1. The van der Waals surface area contributed by atoms with E-state index in [2.05, 4.69) is 9.80 Å². The summed E-state index contributed by atoms with van der Waals surface area (Å²) in [5.41, 5.74) is 0.973. The van der Waals surface area contributed by atoms with Gasteiger partial charge in [-0.3, -0.25) is 9.80 Å². The number of aliphatic hydroxyl groups excluding tert-OH is 1. The van der Waals surface area contributed by atoms with Gasteiger partial charge in [-0.15, -0.1) is 0 Å². The number of aliphatic hydroxyl groups is 1. The number of rotatable bonds is 5. The summed E-state index contributed by atoms with van der Waals surface area (Å²) in [5, 5.41) is 10.5. The Bertz CT molecular complexity index is 463. The second-order valence-electron chi connectivity index (χ2n) is 6.92. The number of nitrogens with zero attached hydrogens (tertiary/aromatic N) is 2. The van der Waals surface area contributed by atoms with Crippen LogP contribution in [0.4, 0.5) is 0 Å². The lowest BCUT2D eigenvalue weighted by atomic mass is 9.94. The van der Waals surface area contributed by atoms with Crippen molar-refractivity contribution >= 4 is 0 Å². The Morgan fingerprint density at radius 1 is 1.04 bits per heavy atom. The van der Waals surface area contributed by atoms with Crippen molar-refractivity contribution in [2.24, 2.45) is 0 Å². The van der Waals surface area contributed by atoms with Gasteiger partial charge >= 0.3 is 0 Å². The van der Waals surface area contributed by atoms with Crippen molar-refractivity contribution in [3.05, 3.63) is 29.8 Å². The summed E-state index contributed by atoms with van der Waals surface area (Å²) in [6.07, 6.45) is 6.58. The molecule has 1 aliphatic heterocycles. The van der Waals surface area contributed by atoms with Crippen molar-refractivity contribution < 1.29 is 9.84 Å². The van der Waals surface area contributed by atoms with Crippen LogP contribution in [0.1, 0.15) is 43.8 Å². The van der Waals surface area contributed by atoms with Crippen molar-refractivity contribution in [2.75, 3.05) is 39.8 Å². The first-order valence-corrected chi connectivity index (χ1v) is 9.04. The van der Waals surface area contributed by atoms with Crippen molar-refractivity contribution in [1.82, 2.24) is 9.80 Å². The average molecular weight is 318 g/mol. The normalized spacial score (nSPS) is 22.9. The summed E-state index contributed by atoms with van der Waals surface area (Å²) in [4.78, 5) is 5.07. The summed E-state index contributed by atoms with van der Waals surface area (Å²) in [5.74, 6) is 0.835. The number of methoxy groups -OCH3 is 1. The van der Waals surface area contributed by atoms with Crippen molar-refractivity contribution in [2.45, 2.75) is 44.2 Å². The Morgan fingerprint density at radius 2 is 1.70 bits per heavy atom. The molecule has 1 atom stereocenters. The van der Waals surface area contributed by atoms with Crippen LogP contribution in [0.25, 0.3) is 0 Å². The fourth-order valence-electron chi connectivity index (χ4n) is 3.93. The molecule has 1 N–H and O–H groups in total. The predicted octanol–water partition coefficient (Wildman–Crippen LogP) is 2.68. The lowest BCUT2D eigenvalue weighted by molar-refractivity contribution is 0.0475. The predicted molar refractivity (Wildman–Crippen MR) is 92.8 cm³/mol. The first kappa shape index (κ1) is 16.7. The van der Waals surface area contributed by atoms with Gasteiger partial charge in [0.15, 0.2) is 0 Å². The third kappa shape index (κ3) is 4.46. The van der Waals surface area contributed by atoms with Crippen LogP contribution in [0.3, 0.4) is 0 Å². The van der Waals surface area contributed by atoms with Crippen molar-refractivity contribution in [3.8, 4) is 5.75 Å². The quantitative estimate of drug-likeness (QED) is 0.905. The van der Waals surface area contributed by atoms with E-state index in [-0.39, 0.29) is 0 Å². The molecule has 3 rings (SSSR count). The molecule has 1 saturated carbocycles. The SMILES string of the molecule is COc1ccc([C@H](O)CN2CCN(C3CCCCC3)CC2)cc1. The second-order valence-corrected chi connectivity index (χ2v) is 6.92. The zero-order valence-electron chi connectivity index (χ0n) is 14.3. The van der Waals surface area contributed by atoms with E-state index < -0.39 is 6.10 Å². The number of ether oxygens (including phenoxy) is 1. The molecule has 4 nitrogen and oxygen atoms in total. The molecule has 0 aromatic heterocycles. The van der Waals surface area contributed by atoms with Gasteiger partial charge in [-0.25, -0.2) is 0 Å². The largest absolute Gasteiger partial charge is 0.497 e. The highest BCUT2D eigenvalue weighted by Crippen LogP contribution is 2.24. The zero-order valence-corrected chi connectivity index (χ0v) is 14.3. The maximum Gasteiger partial charge on any atom is 0.118 e. The first-order valence-electron chi connectivity index (χ1n) is 9.04. The molecule has 0 radical (unpaired) electrons. The maximum atomic E-state index is 10.5. The van der Waals surface area contributed by atoms with Gasteiger partial charge in [0.05, 0.1) is 13.2 Å². The number of β-amino-alcohol motifs (C(OH)–C–C–N with tert-alkyl or cyclic N) is 1. The first-order chi connectivity index (χ1) is 11.3. The van der Waals surface area contributed by atoms with Gasteiger partial charge in [0.2, 0.25) is 0 Å². The molecule has 0 amide bonds. The van der Waals surface area contributed by atoms with E-state index in [0.29, 0.717) is 0 Å². The lowest BCUT2D eigenvalue weighted by Gasteiger charge is -2.41. The molecule has 1 aliphatic carbocycles. The monoisotopic (exact) mass is 318 g/mol. The minimum Gasteiger partial charge on any atom is -0.497 e. The summed E-state index contributed by atoms with van der Waals surface area (Å²) in [6, 6.07) is 8.57. The topological polar surface area (TPSA) is 35.9 Å². The number of hydrogen-bond donors (Lipinski definition) is 1. The molecule has 128 valence electrons. The molecule has 0 unspecified atom stereocenters. The molecule has 23 heavy (non-hydrogen) atoms. The molecule has 4 heteroatoms. The standard InChI is InChI=1S/C19H30N2O2/c1-23-18-9-7-16(8-10-18)19(22)15-20-11-13-21(14-12-20)17-5-3-2-4-6-17/h7-10,17,19,22H,2-6,11-15H2,1H3/t19-/m1/s1. The van der Waals surface area contributed by atoms with E-state index in [1.807, 2.05) is 24.3 Å². The summed E-state index contributed by atoms with van der Waals surface area (Å²) >= 11 is 0. The molecule has 1 saturated heterocycles. The van der Waals surface area contributed by atoms with Crippen molar-refractivity contribution in [3.63, 3.8) is 0 Å². The second kappa shape index (κ2) is 8.13. The fourth-order valence-corrected chi connectivity index (χ4v) is 3.93. The maximum absolute atomic E-state index is 10.5. The van der Waals surface area contributed by atoms with Crippen LogP contribution in [0, 0.1) is 0 Å². The molecule has 1 aromatic rings. The van der Waals surface area contributed by atoms with Crippen LogP contribution in [0.2, 0.25) is 0 Å². The minimum absolute atomic E-state index is 0.415. The van der Waals surface area contributed by atoms with Gasteiger partial charge in [0.25, 0.3) is 0 Å². The van der Waals surface area contributed by atoms with Crippen LogP contribution in [-0.4, -0.2) is 60.8 Å². The van der Waals surface area contributed by atoms with Gasteiger partial charge in [-0.05, 0) is 30.5 Å². The highest BCUT2D eigenvalue weighted by molar-refractivity contribution is 5.28. The van der Waals surface area contributed by atoms with Crippen LogP contribution in [0.5, 0.6) is 5.75 Å². The third-order valence-corrected chi connectivity index (χ3v) is 5.43. The number of hydrogen-bond acceptors (Lipinski definition) is 4. The highest BCUT2D eigenvalue weighted by atomic mass is 16.5. The van der Waals surface area contributed by atoms with Crippen molar-refractivity contribution in [1.29, 1.82) is 0 Å². The Hall–Kier alpha value is -1.10. The van der Waals surface area contributed by atoms with Gasteiger partial charge in [0, 0.05) is 38.8 Å². The summed E-state index contributed by atoms with van der Waals surface area (Å²) in [6.45, 7) is 5.18. The number of benzene rings is 1. The van der Waals surface area contributed by atoms with Crippen LogP contribution in [-0.2, 0) is 0 Å². The summed E-state index contributed by atoms with van der Waals surface area (Å²) in [7, 11) is 1.66. The van der Waals surface area contributed by atoms with E-state index in [0.717, 1.165) is 50.1 Å². The van der Waals surface area contributed by atoms with E-state index >= 15 is 0 Å². The molecular weight excluding hydrogens is 288 g/mol. The molecule has 1 aromatic carbocycles. The van der Waals surface area contributed by atoms with Crippen LogP contribution < -0.4 is 4.74 Å². The van der Waals surface area contributed by atoms with E-state index in [4.69, 9.17) is 4.74 Å². The smallest absolute Gasteiger partial charge is 0.118 e. The molecule has 2 fully saturated rings. The fraction of sp³-hybridized carbons (Fsp3) is 0.684. The van der Waals surface area contributed by atoms with E-state index in [1.165, 1.54) is 32.1 Å². The lowest BCUT2D eigenvalue weighted by Crippen LogP contribution is -2.51. The van der Waals surface area contributed by atoms with Crippen LogP contribution in [0.15, 0.2) is 24.3 Å². The van der Waals surface area contributed by atoms with E-state index in [1.54, 1.807) is 7.11 Å². The molecule has 0 spiro atoms. The Balaban J connectivity index is 1.45. The molecule has 0 bridgehead atoms. The van der Waals surface area contributed by atoms with Crippen LogP contribution >= 0.6 is 0 Å². The van der Waals surface area contributed by atoms with E-state index in [9.17, 15) is 5.11 Å². The van der Waals surface area contributed by atoms with Gasteiger partial charge in [-0.1, -0.05) is 31.4 Å². The Morgan fingerprint density at radius 3 is 2.30 bits per heavy atom. The Kier molecular flexibility index (Phi) is 5.92. The molecule has 2 aliphatic rings. The summed E-state index contributed by atoms with van der Waals surface area (Å²) < 4.78 is 5.17. The average Bonchev–Trinajstić information content (AvgIpc) is 2.63. The molecule has 1 heterocycles. The van der Waals surface area contributed by atoms with Gasteiger partial charge in [-0.2, -0.15) is 0 Å². The van der Waals surface area contributed by atoms with Gasteiger partial charge < -0.3 is 9.84 Å². The highest BCUT2D eigenvalue weighted by Gasteiger charge is 2.26. The molecular formula is C19H30N2O2. The Labute approximate surface area is 140 Å².